The van der Waals surface area contributed by atoms with Gasteiger partial charge < -0.3 is 14.2 Å². The molecule has 0 saturated carbocycles. The van der Waals surface area contributed by atoms with Crippen molar-refractivity contribution in [3.05, 3.63) is 109 Å². The molecule has 0 aromatic rings. The van der Waals surface area contributed by atoms with E-state index in [0.29, 0.717) is 19.3 Å². The van der Waals surface area contributed by atoms with Crippen LogP contribution in [0.1, 0.15) is 252 Å². The molecule has 6 nitrogen and oxygen atoms in total. The van der Waals surface area contributed by atoms with Crippen molar-refractivity contribution in [2.75, 3.05) is 13.2 Å². The van der Waals surface area contributed by atoms with Crippen molar-refractivity contribution in [1.29, 1.82) is 0 Å². The van der Waals surface area contributed by atoms with E-state index in [1.807, 2.05) is 0 Å². The van der Waals surface area contributed by atoms with Crippen LogP contribution in [0.3, 0.4) is 0 Å². The SMILES string of the molecule is CC/C=C\C/C=C\C/C=C\C/C=C\CCCCCCC(=O)OC(COC(=O)CCCCCCC/C=C\C/C=C\CCC)COC(=O)CCCCCCCC/C=C\C/C=C\C/C=C\CCCCCCC. The maximum absolute atomic E-state index is 12.8. The zero-order valence-corrected chi connectivity index (χ0v) is 44.8. The van der Waals surface area contributed by atoms with Crippen LogP contribution in [0.4, 0.5) is 0 Å². The largest absolute Gasteiger partial charge is 0.462 e. The Morgan fingerprint density at radius 1 is 0.304 bits per heavy atom. The van der Waals surface area contributed by atoms with Crippen LogP contribution in [-0.2, 0) is 28.6 Å². The van der Waals surface area contributed by atoms with Gasteiger partial charge in [0.05, 0.1) is 0 Å². The van der Waals surface area contributed by atoms with Crippen molar-refractivity contribution >= 4 is 17.9 Å². The zero-order valence-electron chi connectivity index (χ0n) is 44.8. The zero-order chi connectivity index (χ0) is 50.0. The highest BCUT2D eigenvalue weighted by Gasteiger charge is 2.19. The van der Waals surface area contributed by atoms with E-state index >= 15 is 0 Å². The van der Waals surface area contributed by atoms with Crippen molar-refractivity contribution in [2.45, 2.75) is 258 Å². The van der Waals surface area contributed by atoms with E-state index in [9.17, 15) is 14.4 Å². The van der Waals surface area contributed by atoms with Gasteiger partial charge in [-0.15, -0.1) is 0 Å². The van der Waals surface area contributed by atoms with Crippen LogP contribution in [-0.4, -0.2) is 37.2 Å². The fraction of sp³-hybridized carbons (Fsp3) is 0.667. The average Bonchev–Trinajstić information content (AvgIpc) is 3.35. The third-order valence-corrected chi connectivity index (χ3v) is 11.7. The summed E-state index contributed by atoms with van der Waals surface area (Å²) < 4.78 is 16.8. The second-order valence-electron chi connectivity index (χ2n) is 18.5. The lowest BCUT2D eigenvalue weighted by Gasteiger charge is -2.18. The Kier molecular flexibility index (Phi) is 53.4. The van der Waals surface area contributed by atoms with Crippen molar-refractivity contribution in [3.63, 3.8) is 0 Å². The van der Waals surface area contributed by atoms with Gasteiger partial charge in [0, 0.05) is 19.3 Å². The van der Waals surface area contributed by atoms with E-state index < -0.39 is 6.10 Å². The third-order valence-electron chi connectivity index (χ3n) is 11.7. The quantitative estimate of drug-likeness (QED) is 0.0262. The summed E-state index contributed by atoms with van der Waals surface area (Å²) in [6, 6.07) is 0. The predicted octanol–water partition coefficient (Wildman–Crippen LogP) is 19.1. The van der Waals surface area contributed by atoms with E-state index in [4.69, 9.17) is 14.2 Å². The topological polar surface area (TPSA) is 78.9 Å². The molecule has 0 aromatic carbocycles. The van der Waals surface area contributed by atoms with Crippen LogP contribution >= 0.6 is 0 Å². The molecule has 0 aliphatic carbocycles. The van der Waals surface area contributed by atoms with Crippen molar-refractivity contribution < 1.29 is 28.6 Å². The van der Waals surface area contributed by atoms with Gasteiger partial charge in [0.25, 0.3) is 0 Å². The summed E-state index contributed by atoms with van der Waals surface area (Å²) in [4.78, 5) is 38.1. The Morgan fingerprint density at radius 3 is 0.942 bits per heavy atom. The molecule has 0 amide bonds. The molecular weight excluding hydrogens is 853 g/mol. The fourth-order valence-electron chi connectivity index (χ4n) is 7.48. The molecule has 0 rings (SSSR count). The Balaban J connectivity index is 4.45. The highest BCUT2D eigenvalue weighted by molar-refractivity contribution is 5.71. The first-order valence-corrected chi connectivity index (χ1v) is 28.4. The molecule has 6 heteroatoms. The minimum atomic E-state index is -0.805. The monoisotopic (exact) mass is 957 g/mol. The Morgan fingerprint density at radius 2 is 0.594 bits per heavy atom. The average molecular weight is 958 g/mol. The molecule has 0 aliphatic rings. The van der Waals surface area contributed by atoms with Gasteiger partial charge in [-0.25, -0.2) is 0 Å². The van der Waals surface area contributed by atoms with Gasteiger partial charge in [-0.3, -0.25) is 14.4 Å². The molecule has 392 valence electrons. The molecule has 69 heavy (non-hydrogen) atoms. The number of unbranched alkanes of at least 4 members (excludes halogenated alkanes) is 21. The Hall–Kier alpha value is -3.93. The van der Waals surface area contributed by atoms with Crippen LogP contribution in [0.15, 0.2) is 109 Å². The second kappa shape index (κ2) is 56.7. The van der Waals surface area contributed by atoms with E-state index in [1.54, 1.807) is 0 Å². The van der Waals surface area contributed by atoms with E-state index in [-0.39, 0.29) is 31.1 Å². The number of carbonyl (C=O) groups excluding carboxylic acids is 3. The minimum Gasteiger partial charge on any atom is -0.462 e. The summed E-state index contributed by atoms with van der Waals surface area (Å²) in [6.07, 6.45) is 76.4. The number of esters is 3. The first kappa shape index (κ1) is 65.1. The van der Waals surface area contributed by atoms with Crippen molar-refractivity contribution in [3.8, 4) is 0 Å². The summed E-state index contributed by atoms with van der Waals surface area (Å²) in [5.41, 5.74) is 0. The number of ether oxygens (including phenoxy) is 3. The molecule has 0 fully saturated rings. The maximum atomic E-state index is 12.8. The lowest BCUT2D eigenvalue weighted by Crippen LogP contribution is -2.30. The highest BCUT2D eigenvalue weighted by Crippen LogP contribution is 2.13. The van der Waals surface area contributed by atoms with Gasteiger partial charge in [0.15, 0.2) is 6.10 Å². The van der Waals surface area contributed by atoms with Crippen LogP contribution in [0.25, 0.3) is 0 Å². The molecule has 0 spiro atoms. The van der Waals surface area contributed by atoms with Gasteiger partial charge in [-0.05, 0) is 122 Å². The molecule has 0 heterocycles. The number of carbonyl (C=O) groups is 3. The predicted molar refractivity (Wildman–Crippen MR) is 297 cm³/mol. The summed E-state index contributed by atoms with van der Waals surface area (Å²) in [6.45, 7) is 6.40. The van der Waals surface area contributed by atoms with Crippen molar-refractivity contribution in [1.82, 2.24) is 0 Å². The first-order chi connectivity index (χ1) is 34.0. The lowest BCUT2D eigenvalue weighted by atomic mass is 10.1. The molecule has 1 unspecified atom stereocenters. The van der Waals surface area contributed by atoms with Gasteiger partial charge in [0.2, 0.25) is 0 Å². The van der Waals surface area contributed by atoms with Crippen LogP contribution in [0, 0.1) is 0 Å². The number of allylic oxidation sites excluding steroid dienone is 18. The third kappa shape index (κ3) is 54.9. The molecule has 1 atom stereocenters. The van der Waals surface area contributed by atoms with Crippen LogP contribution < -0.4 is 0 Å². The molecule has 0 N–H and O–H groups in total. The smallest absolute Gasteiger partial charge is 0.306 e. The van der Waals surface area contributed by atoms with Crippen LogP contribution in [0.2, 0.25) is 0 Å². The van der Waals surface area contributed by atoms with Gasteiger partial charge >= 0.3 is 17.9 Å². The molecular formula is C63H104O6. The molecule has 0 aromatic heterocycles. The summed E-state index contributed by atoms with van der Waals surface area (Å²) in [5.74, 6) is -0.952. The maximum Gasteiger partial charge on any atom is 0.306 e. The summed E-state index contributed by atoms with van der Waals surface area (Å²) in [5, 5.41) is 0. The summed E-state index contributed by atoms with van der Waals surface area (Å²) in [7, 11) is 0. The fourth-order valence-corrected chi connectivity index (χ4v) is 7.48. The Labute approximate surface area is 425 Å². The molecule has 0 bridgehead atoms. The van der Waals surface area contributed by atoms with Gasteiger partial charge in [0.1, 0.15) is 13.2 Å². The molecule has 0 saturated heterocycles. The first-order valence-electron chi connectivity index (χ1n) is 28.4. The standard InChI is InChI=1S/C63H104O6/c1-4-7-10-13-16-19-22-25-27-29-30-31-32-34-35-38-41-44-47-50-53-56-62(65)68-59-60(58-67-61(64)55-52-49-46-43-40-37-24-21-18-15-12-9-6-3)69-63(66)57-54-51-48-45-42-39-36-33-28-26-23-20-17-14-11-8-5-2/h8,11-12,15,17,20-22,24-26,28-30,32,34,36,39,60H,4-7,9-10,13-14,16,18-19,23,27,31,33,35,37-38,40-59H2,1-3H3/b11-8-,15-12-,20-17-,24-21-,25-22-,28-26-,30-29-,34-32-,39-36-. The Bertz CT molecular complexity index is 1420. The number of rotatable bonds is 50. The van der Waals surface area contributed by atoms with Crippen molar-refractivity contribution in [2.24, 2.45) is 0 Å². The number of hydrogen-bond acceptors (Lipinski definition) is 6. The number of hydrogen-bond donors (Lipinski definition) is 0. The second-order valence-corrected chi connectivity index (χ2v) is 18.5. The van der Waals surface area contributed by atoms with E-state index in [2.05, 4.69) is 130 Å². The van der Waals surface area contributed by atoms with E-state index in [0.717, 1.165) is 154 Å². The summed E-state index contributed by atoms with van der Waals surface area (Å²) >= 11 is 0. The van der Waals surface area contributed by atoms with Gasteiger partial charge in [-0.2, -0.15) is 0 Å². The van der Waals surface area contributed by atoms with E-state index in [1.165, 1.54) is 57.8 Å². The molecule has 0 radical (unpaired) electrons. The lowest BCUT2D eigenvalue weighted by molar-refractivity contribution is -0.167. The minimum absolute atomic E-state index is 0.101. The highest BCUT2D eigenvalue weighted by atomic mass is 16.6. The molecule has 0 aliphatic heterocycles. The van der Waals surface area contributed by atoms with Crippen LogP contribution in [0.5, 0.6) is 0 Å². The normalized spacial score (nSPS) is 12.9. The van der Waals surface area contributed by atoms with Gasteiger partial charge in [-0.1, -0.05) is 220 Å².